The van der Waals surface area contributed by atoms with Gasteiger partial charge in [0.2, 0.25) is 0 Å². The number of esters is 1. The van der Waals surface area contributed by atoms with Gasteiger partial charge in [-0.15, -0.1) is 0 Å². The lowest BCUT2D eigenvalue weighted by Crippen LogP contribution is -2.23. The largest absolute Gasteiger partial charge is 0.482 e. The van der Waals surface area contributed by atoms with Gasteiger partial charge in [0.1, 0.15) is 5.75 Å². The summed E-state index contributed by atoms with van der Waals surface area (Å²) in [6, 6.07) is 9.89. The van der Waals surface area contributed by atoms with E-state index in [0.29, 0.717) is 5.69 Å². The zero-order chi connectivity index (χ0) is 19.1. The Morgan fingerprint density at radius 2 is 1.77 bits per heavy atom. The maximum Gasteiger partial charge on any atom is 0.344 e. The molecule has 26 heavy (non-hydrogen) atoms. The van der Waals surface area contributed by atoms with Crippen molar-refractivity contribution < 1.29 is 24.0 Å². The molecule has 1 N–H and O–H groups in total. The lowest BCUT2D eigenvalue weighted by molar-refractivity contribution is -0.384. The quantitative estimate of drug-likeness (QED) is 0.434. The molecule has 0 bridgehead atoms. The second kappa shape index (κ2) is 9.02. The van der Waals surface area contributed by atoms with E-state index in [4.69, 9.17) is 32.7 Å². The number of non-ortho nitro benzene ring substituents is 1. The fourth-order valence-electron chi connectivity index (χ4n) is 1.78. The molecule has 0 atom stereocenters. The predicted molar refractivity (Wildman–Crippen MR) is 94.6 cm³/mol. The molecule has 0 fully saturated rings. The first-order valence-electron chi connectivity index (χ1n) is 7.13. The molecule has 0 saturated heterocycles. The average Bonchev–Trinajstić information content (AvgIpc) is 2.62. The summed E-state index contributed by atoms with van der Waals surface area (Å²) in [5, 5.41) is 13.4. The number of amides is 1. The monoisotopic (exact) mass is 398 g/mol. The second-order valence-electron chi connectivity index (χ2n) is 4.85. The van der Waals surface area contributed by atoms with Crippen LogP contribution in [0.15, 0.2) is 42.5 Å². The first-order chi connectivity index (χ1) is 12.4. The van der Waals surface area contributed by atoms with Crippen LogP contribution < -0.4 is 10.1 Å². The number of anilines is 1. The van der Waals surface area contributed by atoms with E-state index in [1.54, 1.807) is 18.2 Å². The Morgan fingerprint density at radius 1 is 1.08 bits per heavy atom. The summed E-state index contributed by atoms with van der Waals surface area (Å²) >= 11 is 11.8. The molecule has 2 aromatic carbocycles. The van der Waals surface area contributed by atoms with Crippen molar-refractivity contribution in [2.45, 2.75) is 0 Å². The minimum absolute atomic E-state index is 0.101. The first kappa shape index (κ1) is 19.5. The lowest BCUT2D eigenvalue weighted by atomic mass is 10.3. The summed E-state index contributed by atoms with van der Waals surface area (Å²) in [5.74, 6) is -1.13. The van der Waals surface area contributed by atoms with Gasteiger partial charge in [0.05, 0.1) is 20.7 Å². The van der Waals surface area contributed by atoms with Crippen LogP contribution in [0.3, 0.4) is 0 Å². The third kappa shape index (κ3) is 5.61. The number of nitro benzene ring substituents is 1. The third-order valence-corrected chi connectivity index (χ3v) is 3.81. The smallest absolute Gasteiger partial charge is 0.344 e. The molecule has 0 aliphatic rings. The molecule has 136 valence electrons. The molecule has 1 amide bonds. The van der Waals surface area contributed by atoms with E-state index < -0.39 is 30.0 Å². The highest BCUT2D eigenvalue weighted by Gasteiger charge is 2.12. The summed E-state index contributed by atoms with van der Waals surface area (Å²) in [6.07, 6.45) is 0. The van der Waals surface area contributed by atoms with Crippen LogP contribution in [-0.4, -0.2) is 30.0 Å². The van der Waals surface area contributed by atoms with Crippen molar-refractivity contribution in [3.05, 3.63) is 62.6 Å². The predicted octanol–water partition coefficient (Wildman–Crippen LogP) is 3.46. The van der Waals surface area contributed by atoms with E-state index in [1.165, 1.54) is 24.3 Å². The number of nitrogens with one attached hydrogen (secondary N) is 1. The number of hydrogen-bond acceptors (Lipinski definition) is 6. The molecular formula is C16H12Cl2N2O6. The Hall–Kier alpha value is -2.84. The number of carbonyl (C=O) groups is 2. The van der Waals surface area contributed by atoms with Crippen molar-refractivity contribution in [3.63, 3.8) is 0 Å². The Morgan fingerprint density at radius 3 is 2.42 bits per heavy atom. The summed E-state index contributed by atoms with van der Waals surface area (Å²) in [4.78, 5) is 33.3. The zero-order valence-electron chi connectivity index (χ0n) is 13.1. The molecule has 0 aliphatic heterocycles. The highest BCUT2D eigenvalue weighted by Crippen LogP contribution is 2.29. The van der Waals surface area contributed by atoms with Crippen molar-refractivity contribution in [1.82, 2.24) is 0 Å². The number of ether oxygens (including phenoxy) is 2. The van der Waals surface area contributed by atoms with E-state index >= 15 is 0 Å². The van der Waals surface area contributed by atoms with Crippen LogP contribution >= 0.6 is 23.2 Å². The number of nitrogens with zero attached hydrogens (tertiary/aromatic N) is 1. The topological polar surface area (TPSA) is 108 Å². The zero-order valence-corrected chi connectivity index (χ0v) is 14.6. The van der Waals surface area contributed by atoms with E-state index in [0.717, 1.165) is 0 Å². The van der Waals surface area contributed by atoms with Crippen LogP contribution in [0.5, 0.6) is 5.75 Å². The van der Waals surface area contributed by atoms with Gasteiger partial charge in [-0.05, 0) is 24.3 Å². The number of hydrogen-bond donors (Lipinski definition) is 1. The molecule has 0 saturated carbocycles. The number of benzene rings is 2. The highest BCUT2D eigenvalue weighted by molar-refractivity contribution is 6.44. The van der Waals surface area contributed by atoms with Crippen molar-refractivity contribution in [2.75, 3.05) is 18.5 Å². The maximum atomic E-state index is 11.8. The fraction of sp³-hybridized carbons (Fsp3) is 0.125. The van der Waals surface area contributed by atoms with Crippen molar-refractivity contribution in [3.8, 4) is 5.75 Å². The Balaban J connectivity index is 1.76. The van der Waals surface area contributed by atoms with Crippen LogP contribution in [0.2, 0.25) is 10.0 Å². The molecule has 0 aromatic heterocycles. The molecule has 2 aromatic rings. The van der Waals surface area contributed by atoms with Crippen molar-refractivity contribution >= 4 is 46.5 Å². The molecule has 8 nitrogen and oxygen atoms in total. The van der Waals surface area contributed by atoms with Crippen LogP contribution in [0.25, 0.3) is 0 Å². The molecule has 0 spiro atoms. The van der Waals surface area contributed by atoms with Gasteiger partial charge < -0.3 is 14.8 Å². The summed E-state index contributed by atoms with van der Waals surface area (Å²) in [7, 11) is 0. The molecular weight excluding hydrogens is 387 g/mol. The highest BCUT2D eigenvalue weighted by atomic mass is 35.5. The molecule has 0 radical (unpaired) electrons. The number of nitro groups is 1. The van der Waals surface area contributed by atoms with E-state index in [2.05, 4.69) is 5.32 Å². The standard InChI is InChI=1S/C16H12Cl2N2O6/c17-12-2-1-3-13(16(12)18)19-14(21)8-26-15(22)9-25-11-6-4-10(5-7-11)20(23)24/h1-7H,8-9H2,(H,19,21). The number of carbonyl (C=O) groups excluding carboxylic acids is 2. The molecule has 10 heteroatoms. The average molecular weight is 399 g/mol. The van der Waals surface area contributed by atoms with Gasteiger partial charge in [0.15, 0.2) is 13.2 Å². The maximum absolute atomic E-state index is 11.8. The fourth-order valence-corrected chi connectivity index (χ4v) is 2.13. The van der Waals surface area contributed by atoms with Crippen LogP contribution in [0, 0.1) is 10.1 Å². The Kier molecular flexibility index (Phi) is 6.76. The minimum Gasteiger partial charge on any atom is -0.482 e. The van der Waals surface area contributed by atoms with Crippen molar-refractivity contribution in [2.24, 2.45) is 0 Å². The van der Waals surface area contributed by atoms with Gasteiger partial charge >= 0.3 is 5.97 Å². The van der Waals surface area contributed by atoms with Gasteiger partial charge in [-0.3, -0.25) is 14.9 Å². The molecule has 2 rings (SSSR count). The summed E-state index contributed by atoms with van der Waals surface area (Å²) in [6.45, 7) is -0.992. The Labute approximate surface area is 157 Å². The summed E-state index contributed by atoms with van der Waals surface area (Å²) < 4.78 is 9.89. The minimum atomic E-state index is -0.782. The molecule has 0 heterocycles. The van der Waals surface area contributed by atoms with Crippen LogP contribution in [0.4, 0.5) is 11.4 Å². The first-order valence-corrected chi connectivity index (χ1v) is 7.89. The number of halogens is 2. The van der Waals surface area contributed by atoms with E-state index in [1.807, 2.05) is 0 Å². The molecule has 0 aliphatic carbocycles. The van der Waals surface area contributed by atoms with Gasteiger partial charge in [-0.2, -0.15) is 0 Å². The SMILES string of the molecule is O=C(COC(=O)COc1ccc([N+](=O)[O-])cc1)Nc1cccc(Cl)c1Cl. The van der Waals surface area contributed by atoms with Gasteiger partial charge in [-0.1, -0.05) is 29.3 Å². The normalized spacial score (nSPS) is 10.1. The van der Waals surface area contributed by atoms with E-state index in [9.17, 15) is 19.7 Å². The Bertz CT molecular complexity index is 826. The number of rotatable bonds is 7. The lowest BCUT2D eigenvalue weighted by Gasteiger charge is -2.09. The van der Waals surface area contributed by atoms with Crippen molar-refractivity contribution in [1.29, 1.82) is 0 Å². The van der Waals surface area contributed by atoms with Crippen LogP contribution in [0.1, 0.15) is 0 Å². The molecule has 0 unspecified atom stereocenters. The van der Waals surface area contributed by atoms with Gasteiger partial charge in [0.25, 0.3) is 11.6 Å². The van der Waals surface area contributed by atoms with Gasteiger partial charge in [-0.25, -0.2) is 4.79 Å². The summed E-state index contributed by atoms with van der Waals surface area (Å²) in [5.41, 5.74) is 0.193. The second-order valence-corrected chi connectivity index (χ2v) is 5.64. The third-order valence-electron chi connectivity index (χ3n) is 2.99. The van der Waals surface area contributed by atoms with Crippen LogP contribution in [-0.2, 0) is 14.3 Å². The van der Waals surface area contributed by atoms with Gasteiger partial charge in [0, 0.05) is 12.1 Å². The van der Waals surface area contributed by atoms with E-state index in [-0.39, 0.29) is 21.5 Å².